The van der Waals surface area contributed by atoms with Crippen molar-refractivity contribution in [3.8, 4) is 0 Å². The molecule has 0 heterocycles. The van der Waals surface area contributed by atoms with Crippen molar-refractivity contribution in [2.75, 3.05) is 0 Å². The van der Waals surface area contributed by atoms with Gasteiger partial charge in [0.2, 0.25) is 5.91 Å². The molecule has 1 amide bonds. The van der Waals surface area contributed by atoms with Crippen LogP contribution in [0.1, 0.15) is 40.5 Å². The summed E-state index contributed by atoms with van der Waals surface area (Å²) >= 11 is 3.59. The van der Waals surface area contributed by atoms with E-state index in [0.29, 0.717) is 5.57 Å². The van der Waals surface area contributed by atoms with Gasteiger partial charge in [-0.15, -0.1) is 0 Å². The summed E-state index contributed by atoms with van der Waals surface area (Å²) in [7, 11) is 0. The molecule has 0 unspecified atom stereocenters. The number of primary amides is 1. The van der Waals surface area contributed by atoms with E-state index in [1.165, 1.54) is 32.1 Å². The molecule has 1 fully saturated rings. The molecule has 0 aliphatic heterocycles. The average molecular weight is 288 g/mol. The van der Waals surface area contributed by atoms with Crippen LogP contribution in [0.2, 0.25) is 0 Å². The fraction of sp³-hybridized carbons (Fsp3) is 0.700. The molecule has 4 heteroatoms. The van der Waals surface area contributed by atoms with E-state index in [1.54, 1.807) is 6.92 Å². The van der Waals surface area contributed by atoms with Gasteiger partial charge < -0.3 is 7.16 Å². The van der Waals surface area contributed by atoms with Crippen molar-refractivity contribution in [2.45, 2.75) is 43.9 Å². The molecular weight excluding hydrogens is 269 g/mol. The third kappa shape index (κ3) is 11.4. The van der Waals surface area contributed by atoms with E-state index in [0.717, 1.165) is 4.83 Å². The van der Waals surface area contributed by atoms with Gasteiger partial charge in [0.1, 0.15) is 0 Å². The average Bonchev–Trinajstić information content (AvgIpc) is 2.06. The summed E-state index contributed by atoms with van der Waals surface area (Å²) in [6.45, 7) is 4.85. The third-order valence-electron chi connectivity index (χ3n) is 1.96. The van der Waals surface area contributed by atoms with Crippen molar-refractivity contribution in [2.24, 2.45) is 5.73 Å². The summed E-state index contributed by atoms with van der Waals surface area (Å²) in [6.07, 6.45) is 7.15. The van der Waals surface area contributed by atoms with Gasteiger partial charge in [0.05, 0.1) is 0 Å². The van der Waals surface area contributed by atoms with Crippen LogP contribution < -0.4 is 57.1 Å². The molecule has 2 nitrogen and oxygen atoms in total. The maximum atomic E-state index is 9.82. The normalized spacial score (nSPS) is 15.9. The first-order valence-electron chi connectivity index (χ1n) is 4.63. The Morgan fingerprint density at radius 1 is 1.43 bits per heavy atom. The van der Waals surface area contributed by atoms with Gasteiger partial charge in [0, 0.05) is 10.4 Å². The second-order valence-electron chi connectivity index (χ2n) is 3.38. The molecule has 0 saturated heterocycles. The first-order valence-corrected chi connectivity index (χ1v) is 5.55. The van der Waals surface area contributed by atoms with Crippen LogP contribution in [0.25, 0.3) is 0 Å². The molecule has 0 spiro atoms. The molecule has 0 aromatic rings. The van der Waals surface area contributed by atoms with Crippen molar-refractivity contribution in [1.29, 1.82) is 0 Å². The third-order valence-corrected chi connectivity index (χ3v) is 2.87. The summed E-state index contributed by atoms with van der Waals surface area (Å²) in [5.74, 6) is -0.435. The number of rotatable bonds is 1. The quantitative estimate of drug-likeness (QED) is 0.408. The van der Waals surface area contributed by atoms with Crippen LogP contribution >= 0.6 is 15.9 Å². The van der Waals surface area contributed by atoms with Crippen LogP contribution in [-0.2, 0) is 4.79 Å². The molecule has 0 atom stereocenters. The molecule has 1 rings (SSSR count). The van der Waals surface area contributed by atoms with E-state index < -0.39 is 5.91 Å². The maximum Gasteiger partial charge on any atom is 1.00 e. The summed E-state index contributed by atoms with van der Waals surface area (Å²) in [6, 6.07) is 0. The topological polar surface area (TPSA) is 43.1 Å². The number of nitrogens with two attached hydrogens (primary N) is 1. The number of hydrogen-bond donors (Lipinski definition) is 1. The Kier molecular flexibility index (Phi) is 13.7. The van der Waals surface area contributed by atoms with Gasteiger partial charge in [-0.3, -0.25) is 4.79 Å². The van der Waals surface area contributed by atoms with Crippen molar-refractivity contribution < 1.29 is 57.6 Å². The van der Waals surface area contributed by atoms with E-state index in [1.807, 2.05) is 0 Å². The number of halogens is 1. The van der Waals surface area contributed by atoms with Gasteiger partial charge in [-0.25, -0.2) is 0 Å². The second-order valence-corrected chi connectivity index (χ2v) is 4.67. The van der Waals surface area contributed by atoms with E-state index in [4.69, 9.17) is 5.73 Å². The monoisotopic (exact) mass is 287 g/mol. The van der Waals surface area contributed by atoms with Gasteiger partial charge in [0.25, 0.3) is 0 Å². The number of hydrogen-bond acceptors (Lipinski definition) is 1. The number of carbonyl (C=O) groups excluding carboxylic acids is 1. The first kappa shape index (κ1) is 17.7. The van der Waals surface area contributed by atoms with Crippen LogP contribution in [0.4, 0.5) is 0 Å². The van der Waals surface area contributed by atoms with E-state index in [2.05, 4.69) is 22.5 Å². The summed E-state index contributed by atoms with van der Waals surface area (Å²) in [4.78, 5) is 10.7. The number of carbonyl (C=O) groups is 1. The van der Waals surface area contributed by atoms with Crippen molar-refractivity contribution in [1.82, 2.24) is 0 Å². The summed E-state index contributed by atoms with van der Waals surface area (Å²) in [5.41, 5.74) is 5.09. The van der Waals surface area contributed by atoms with Gasteiger partial charge in [0.15, 0.2) is 0 Å². The molecule has 1 aliphatic carbocycles. The van der Waals surface area contributed by atoms with Crippen LogP contribution in [0, 0.1) is 0 Å². The maximum absolute atomic E-state index is 9.82. The van der Waals surface area contributed by atoms with Crippen LogP contribution in [0.15, 0.2) is 12.2 Å². The Bertz CT molecular complexity index is 172. The molecule has 0 aromatic carbocycles. The molecule has 0 aromatic heterocycles. The van der Waals surface area contributed by atoms with Gasteiger partial charge in [-0.2, -0.15) is 0 Å². The van der Waals surface area contributed by atoms with E-state index in [-0.39, 0.29) is 52.8 Å². The minimum Gasteiger partial charge on any atom is -1.00 e. The molecule has 1 aliphatic rings. The molecule has 1 saturated carbocycles. The van der Waals surface area contributed by atoms with Crippen LogP contribution in [0.3, 0.4) is 0 Å². The molecule has 78 valence electrons. The number of amides is 1. The Hall–Kier alpha value is 1.33. The molecule has 14 heavy (non-hydrogen) atoms. The zero-order valence-corrected chi connectivity index (χ0v) is 13.9. The van der Waals surface area contributed by atoms with Crippen molar-refractivity contribution >= 4 is 21.8 Å². The fourth-order valence-corrected chi connectivity index (χ4v) is 1.70. The molecule has 2 N–H and O–H groups in total. The number of alkyl halides is 1. The molecular formula is C10H19BrKNO. The standard InChI is InChI=1S/C6H11Br.C4H7NO.K.H/c7-6-4-2-1-3-5-6;1-3(2)4(5)6;;/h6H,1-5H2;1H2,2H3,(H2,5,6);;/q;;+1;-1. The van der Waals surface area contributed by atoms with Crippen molar-refractivity contribution in [3.63, 3.8) is 0 Å². The summed E-state index contributed by atoms with van der Waals surface area (Å²) in [5, 5.41) is 0. The zero-order chi connectivity index (χ0) is 10.3. The predicted octanol–water partition coefficient (Wildman–Crippen LogP) is -0.122. The smallest absolute Gasteiger partial charge is 1.00 e. The van der Waals surface area contributed by atoms with E-state index >= 15 is 0 Å². The SMILES string of the molecule is BrC1CCCCC1.C=C(C)C(N)=O.[H-].[K+]. The second kappa shape index (κ2) is 10.8. The Morgan fingerprint density at radius 2 is 1.79 bits per heavy atom. The zero-order valence-electron chi connectivity index (χ0n) is 10.2. The Morgan fingerprint density at radius 3 is 1.93 bits per heavy atom. The Balaban J connectivity index is -0.000000172. The largest absolute Gasteiger partial charge is 1.00 e. The predicted molar refractivity (Wildman–Crippen MR) is 60.9 cm³/mol. The fourth-order valence-electron chi connectivity index (χ4n) is 1.05. The Labute approximate surface area is 139 Å². The minimum absolute atomic E-state index is 0. The van der Waals surface area contributed by atoms with Gasteiger partial charge >= 0.3 is 51.4 Å². The van der Waals surface area contributed by atoms with Crippen molar-refractivity contribution in [3.05, 3.63) is 12.2 Å². The van der Waals surface area contributed by atoms with Crippen LogP contribution in [-0.4, -0.2) is 10.7 Å². The minimum atomic E-state index is -0.435. The molecule has 0 bridgehead atoms. The van der Waals surface area contributed by atoms with Gasteiger partial charge in [-0.05, 0) is 19.8 Å². The first-order chi connectivity index (χ1) is 6.04. The van der Waals surface area contributed by atoms with E-state index in [9.17, 15) is 4.79 Å². The molecule has 0 radical (unpaired) electrons. The summed E-state index contributed by atoms with van der Waals surface area (Å²) < 4.78 is 0. The van der Waals surface area contributed by atoms with Gasteiger partial charge in [-0.1, -0.05) is 41.8 Å². The van der Waals surface area contributed by atoms with Crippen LogP contribution in [0.5, 0.6) is 0 Å².